The molecular weight excluding hydrogens is 384 g/mol. The number of nitrogens with one attached hydrogen (secondary N) is 2. The van der Waals surface area contributed by atoms with Gasteiger partial charge in [0, 0.05) is 43.5 Å². The molecule has 2 N–H and O–H groups in total. The largest absolute Gasteiger partial charge is 0.456 e. The van der Waals surface area contributed by atoms with Crippen LogP contribution in [-0.4, -0.2) is 66.3 Å². The molecule has 8 heteroatoms. The van der Waals surface area contributed by atoms with Gasteiger partial charge < -0.3 is 20.0 Å². The van der Waals surface area contributed by atoms with Crippen LogP contribution in [0.25, 0.3) is 0 Å². The molecule has 4 rings (SSSR count). The highest BCUT2D eigenvalue weighted by Crippen LogP contribution is 2.20. The summed E-state index contributed by atoms with van der Waals surface area (Å²) in [6.07, 6.45) is 2.06. The zero-order valence-corrected chi connectivity index (χ0v) is 17.0. The first kappa shape index (κ1) is 20.2. The van der Waals surface area contributed by atoms with E-state index in [1.165, 1.54) is 0 Å². The van der Waals surface area contributed by atoms with E-state index in [1.807, 2.05) is 11.8 Å². The van der Waals surface area contributed by atoms with Crippen LogP contribution in [-0.2, 0) is 4.79 Å². The van der Waals surface area contributed by atoms with Crippen molar-refractivity contribution in [2.45, 2.75) is 25.8 Å². The van der Waals surface area contributed by atoms with Gasteiger partial charge in [0.2, 0.25) is 5.91 Å². The third-order valence-corrected chi connectivity index (χ3v) is 5.30. The highest BCUT2D eigenvalue weighted by Gasteiger charge is 2.25. The van der Waals surface area contributed by atoms with Gasteiger partial charge in [-0.3, -0.25) is 19.3 Å². The van der Waals surface area contributed by atoms with Crippen LogP contribution in [0.1, 0.15) is 39.5 Å². The topological polar surface area (TPSA) is 94.9 Å². The summed E-state index contributed by atoms with van der Waals surface area (Å²) in [4.78, 5) is 40.8. The summed E-state index contributed by atoms with van der Waals surface area (Å²) < 4.78 is 5.41. The molecule has 0 spiro atoms. The first-order valence-corrected chi connectivity index (χ1v) is 10.3. The van der Waals surface area contributed by atoms with Crippen LogP contribution in [0.4, 0.5) is 5.69 Å². The average molecular weight is 410 g/mol. The number of amides is 3. The van der Waals surface area contributed by atoms with E-state index in [1.54, 1.807) is 41.3 Å². The molecule has 8 nitrogen and oxygen atoms in total. The van der Waals surface area contributed by atoms with Crippen LogP contribution < -0.4 is 10.6 Å². The van der Waals surface area contributed by atoms with E-state index in [9.17, 15) is 14.4 Å². The quantitative estimate of drug-likeness (QED) is 0.758. The van der Waals surface area contributed by atoms with Gasteiger partial charge >= 0.3 is 0 Å². The van der Waals surface area contributed by atoms with Crippen molar-refractivity contribution in [3.8, 4) is 0 Å². The molecule has 2 aromatic rings. The molecule has 1 aromatic heterocycles. The predicted molar refractivity (Wildman–Crippen MR) is 111 cm³/mol. The second-order valence-electron chi connectivity index (χ2n) is 7.86. The third-order valence-electron chi connectivity index (χ3n) is 5.30. The Hall–Kier alpha value is -3.13. The van der Waals surface area contributed by atoms with Crippen LogP contribution in [0.3, 0.4) is 0 Å². The number of carbonyl (C=O) groups excluding carboxylic acids is 3. The summed E-state index contributed by atoms with van der Waals surface area (Å²) in [7, 11) is 0. The fraction of sp³-hybridized carbons (Fsp3) is 0.409. The molecule has 2 fully saturated rings. The van der Waals surface area contributed by atoms with Gasteiger partial charge in [0.1, 0.15) is 5.76 Å². The molecule has 0 bridgehead atoms. The minimum Gasteiger partial charge on any atom is -0.456 e. The Kier molecular flexibility index (Phi) is 5.85. The molecule has 0 radical (unpaired) electrons. The Morgan fingerprint density at radius 1 is 1.07 bits per heavy atom. The Bertz CT molecular complexity index is 942. The standard InChI is InChI=1S/C22H26N4O4/c1-15-5-8-19(30-15)22(29)26-11-9-25(10-12-26)14-20(27)23-18-4-2-3-16(13-18)21(28)24-17-6-7-17/h2-5,8,13,17H,6-7,9-12,14H2,1H3,(H,23,27)(H,24,28). The first-order valence-electron chi connectivity index (χ1n) is 10.3. The smallest absolute Gasteiger partial charge is 0.289 e. The van der Waals surface area contributed by atoms with Gasteiger partial charge in [0.25, 0.3) is 11.8 Å². The molecule has 3 amide bonds. The molecule has 0 unspecified atom stereocenters. The number of benzene rings is 1. The first-order chi connectivity index (χ1) is 14.5. The fourth-order valence-electron chi connectivity index (χ4n) is 3.45. The lowest BCUT2D eigenvalue weighted by Gasteiger charge is -2.33. The van der Waals surface area contributed by atoms with Crippen LogP contribution >= 0.6 is 0 Å². The maximum Gasteiger partial charge on any atom is 0.289 e. The summed E-state index contributed by atoms with van der Waals surface area (Å²) in [6, 6.07) is 10.7. The molecule has 1 saturated heterocycles. The van der Waals surface area contributed by atoms with Crippen molar-refractivity contribution < 1.29 is 18.8 Å². The maximum atomic E-state index is 12.4. The van der Waals surface area contributed by atoms with Crippen molar-refractivity contribution in [2.24, 2.45) is 0 Å². The number of nitrogens with zero attached hydrogens (tertiary/aromatic N) is 2. The normalized spacial score (nSPS) is 16.9. The summed E-state index contributed by atoms with van der Waals surface area (Å²) >= 11 is 0. The van der Waals surface area contributed by atoms with Gasteiger partial charge in [-0.05, 0) is 50.1 Å². The van der Waals surface area contributed by atoms with Crippen LogP contribution in [0.2, 0.25) is 0 Å². The molecule has 0 atom stereocenters. The van der Waals surface area contributed by atoms with E-state index in [-0.39, 0.29) is 30.3 Å². The molecule has 1 aliphatic carbocycles. The second kappa shape index (κ2) is 8.71. The number of carbonyl (C=O) groups is 3. The van der Waals surface area contributed by atoms with Crippen molar-refractivity contribution in [3.05, 3.63) is 53.5 Å². The van der Waals surface area contributed by atoms with Crippen molar-refractivity contribution in [1.82, 2.24) is 15.1 Å². The van der Waals surface area contributed by atoms with Crippen LogP contribution in [0.15, 0.2) is 40.8 Å². The number of piperazine rings is 1. The van der Waals surface area contributed by atoms with E-state index in [0.717, 1.165) is 12.8 Å². The Morgan fingerprint density at radius 3 is 2.50 bits per heavy atom. The van der Waals surface area contributed by atoms with Crippen LogP contribution in [0, 0.1) is 6.92 Å². The van der Waals surface area contributed by atoms with Gasteiger partial charge in [-0.1, -0.05) is 6.07 Å². The van der Waals surface area contributed by atoms with E-state index in [2.05, 4.69) is 10.6 Å². The maximum absolute atomic E-state index is 12.4. The molecule has 158 valence electrons. The van der Waals surface area contributed by atoms with Crippen molar-refractivity contribution >= 4 is 23.4 Å². The molecular formula is C22H26N4O4. The lowest BCUT2D eigenvalue weighted by atomic mass is 10.2. The molecule has 2 heterocycles. The number of aryl methyl sites for hydroxylation is 1. The molecule has 1 aromatic carbocycles. The zero-order valence-electron chi connectivity index (χ0n) is 17.0. The molecule has 1 saturated carbocycles. The van der Waals surface area contributed by atoms with E-state index in [0.29, 0.717) is 49.0 Å². The van der Waals surface area contributed by atoms with E-state index in [4.69, 9.17) is 4.42 Å². The van der Waals surface area contributed by atoms with Crippen molar-refractivity contribution in [1.29, 1.82) is 0 Å². The predicted octanol–water partition coefficient (Wildman–Crippen LogP) is 1.88. The highest BCUT2D eigenvalue weighted by molar-refractivity contribution is 5.98. The number of rotatable bonds is 6. The average Bonchev–Trinajstić information content (AvgIpc) is 3.45. The Balaban J connectivity index is 1.25. The number of furan rings is 1. The van der Waals surface area contributed by atoms with Crippen LogP contribution in [0.5, 0.6) is 0 Å². The van der Waals surface area contributed by atoms with E-state index < -0.39 is 0 Å². The minimum atomic E-state index is -0.142. The number of anilines is 1. The Morgan fingerprint density at radius 2 is 1.83 bits per heavy atom. The third kappa shape index (κ3) is 5.07. The Labute approximate surface area is 175 Å². The van der Waals surface area contributed by atoms with Gasteiger partial charge in [-0.15, -0.1) is 0 Å². The lowest BCUT2D eigenvalue weighted by molar-refractivity contribution is -0.117. The van der Waals surface area contributed by atoms with E-state index >= 15 is 0 Å². The SMILES string of the molecule is Cc1ccc(C(=O)N2CCN(CC(=O)Nc3cccc(C(=O)NC4CC4)c3)CC2)o1. The summed E-state index contributed by atoms with van der Waals surface area (Å²) in [5, 5.41) is 5.80. The van der Waals surface area contributed by atoms with Gasteiger partial charge in [0.15, 0.2) is 5.76 Å². The summed E-state index contributed by atoms with van der Waals surface area (Å²) in [6.45, 7) is 4.36. The number of hydrogen-bond acceptors (Lipinski definition) is 5. The fourth-order valence-corrected chi connectivity index (χ4v) is 3.45. The summed E-state index contributed by atoms with van der Waals surface area (Å²) in [5.74, 6) is 0.692. The van der Waals surface area contributed by atoms with Gasteiger partial charge in [-0.25, -0.2) is 0 Å². The summed E-state index contributed by atoms with van der Waals surface area (Å²) in [5.41, 5.74) is 1.14. The van der Waals surface area contributed by atoms with Gasteiger partial charge in [0.05, 0.1) is 6.54 Å². The molecule has 2 aliphatic rings. The highest BCUT2D eigenvalue weighted by atomic mass is 16.3. The molecule has 30 heavy (non-hydrogen) atoms. The zero-order chi connectivity index (χ0) is 21.1. The monoisotopic (exact) mass is 410 g/mol. The molecule has 1 aliphatic heterocycles. The van der Waals surface area contributed by atoms with Crippen molar-refractivity contribution in [2.75, 3.05) is 38.0 Å². The van der Waals surface area contributed by atoms with Gasteiger partial charge in [-0.2, -0.15) is 0 Å². The number of hydrogen-bond donors (Lipinski definition) is 2. The lowest BCUT2D eigenvalue weighted by Crippen LogP contribution is -2.50. The van der Waals surface area contributed by atoms with Crippen molar-refractivity contribution in [3.63, 3.8) is 0 Å². The second-order valence-corrected chi connectivity index (χ2v) is 7.86. The minimum absolute atomic E-state index is 0.110.